The Morgan fingerprint density at radius 2 is 1.85 bits per heavy atom. The zero-order chi connectivity index (χ0) is 18.6. The second-order valence-electron chi connectivity index (χ2n) is 7.02. The topological polar surface area (TPSA) is 48.8 Å². The highest BCUT2D eigenvalue weighted by Crippen LogP contribution is 2.26. The van der Waals surface area contributed by atoms with E-state index in [1.165, 1.54) is 5.56 Å². The summed E-state index contributed by atoms with van der Waals surface area (Å²) in [6.07, 6.45) is -0.411. The number of pyridine rings is 1. The van der Waals surface area contributed by atoms with Crippen molar-refractivity contribution in [1.82, 2.24) is 9.88 Å². The van der Waals surface area contributed by atoms with Crippen LogP contribution in [0.5, 0.6) is 5.75 Å². The number of hydrogen-bond donors (Lipinski definition) is 1. The smallest absolute Gasteiger partial charge is 0.145 e. The van der Waals surface area contributed by atoms with Crippen molar-refractivity contribution in [2.75, 3.05) is 38.2 Å². The molecule has 1 fully saturated rings. The third-order valence-corrected chi connectivity index (χ3v) is 5.05. The van der Waals surface area contributed by atoms with Crippen molar-refractivity contribution >= 4 is 16.7 Å². The second kappa shape index (κ2) is 7.94. The third-order valence-electron chi connectivity index (χ3n) is 5.05. The van der Waals surface area contributed by atoms with Gasteiger partial charge >= 0.3 is 0 Å². The molecule has 3 aromatic rings. The largest absolute Gasteiger partial charge is 0.494 e. The molecular formula is C22H25N3O2. The van der Waals surface area contributed by atoms with Gasteiger partial charge in [0, 0.05) is 38.1 Å². The lowest BCUT2D eigenvalue weighted by atomic mass is 10.2. The number of ether oxygens (including phenoxy) is 1. The molecule has 27 heavy (non-hydrogen) atoms. The highest BCUT2D eigenvalue weighted by atomic mass is 16.5. The molecule has 4 rings (SSSR count). The lowest BCUT2D eigenvalue weighted by molar-refractivity contribution is 0.129. The summed E-state index contributed by atoms with van der Waals surface area (Å²) in [6.45, 7) is 3.82. The maximum absolute atomic E-state index is 10.5. The van der Waals surface area contributed by atoms with Crippen LogP contribution in [0.3, 0.4) is 0 Å². The molecule has 5 nitrogen and oxygen atoms in total. The predicted molar refractivity (Wildman–Crippen MR) is 108 cm³/mol. The Kier molecular flexibility index (Phi) is 5.23. The molecule has 5 heteroatoms. The van der Waals surface area contributed by atoms with E-state index in [0.29, 0.717) is 13.1 Å². The monoisotopic (exact) mass is 363 g/mol. The van der Waals surface area contributed by atoms with Crippen molar-refractivity contribution in [3.63, 3.8) is 0 Å². The van der Waals surface area contributed by atoms with Crippen LogP contribution < -0.4 is 9.64 Å². The van der Waals surface area contributed by atoms with Crippen molar-refractivity contribution in [2.24, 2.45) is 0 Å². The van der Waals surface area contributed by atoms with Crippen molar-refractivity contribution in [2.45, 2.75) is 12.6 Å². The zero-order valence-corrected chi connectivity index (χ0v) is 15.6. The molecule has 1 atom stereocenters. The van der Waals surface area contributed by atoms with Crippen molar-refractivity contribution in [1.29, 1.82) is 0 Å². The van der Waals surface area contributed by atoms with Crippen molar-refractivity contribution < 1.29 is 9.84 Å². The third kappa shape index (κ3) is 4.04. The molecule has 0 saturated carbocycles. The number of aliphatic hydroxyl groups excluding tert-OH is 1. The van der Waals surface area contributed by atoms with E-state index < -0.39 is 6.10 Å². The van der Waals surface area contributed by atoms with Crippen molar-refractivity contribution in [3.05, 3.63) is 66.2 Å². The van der Waals surface area contributed by atoms with Gasteiger partial charge in [-0.25, -0.2) is 4.98 Å². The first-order valence-electron chi connectivity index (χ1n) is 9.36. The molecule has 140 valence electrons. The van der Waals surface area contributed by atoms with Gasteiger partial charge in [-0.15, -0.1) is 0 Å². The Bertz CT molecular complexity index is 900. The van der Waals surface area contributed by atoms with Crippen LogP contribution in [0.25, 0.3) is 10.9 Å². The summed E-state index contributed by atoms with van der Waals surface area (Å²) in [6, 6.07) is 20.4. The summed E-state index contributed by atoms with van der Waals surface area (Å²) in [5.74, 6) is 1.66. The molecule has 1 saturated heterocycles. The summed E-state index contributed by atoms with van der Waals surface area (Å²) in [5.41, 5.74) is 2.13. The maximum atomic E-state index is 10.5. The van der Waals surface area contributed by atoms with E-state index >= 15 is 0 Å². The number of rotatable bonds is 4. The van der Waals surface area contributed by atoms with Crippen LogP contribution in [0, 0.1) is 0 Å². The summed E-state index contributed by atoms with van der Waals surface area (Å²) >= 11 is 0. The Hall–Kier alpha value is -2.63. The van der Waals surface area contributed by atoms with Crippen LogP contribution in [-0.2, 0) is 6.54 Å². The van der Waals surface area contributed by atoms with Gasteiger partial charge in [0.2, 0.25) is 0 Å². The minimum absolute atomic E-state index is 0.411. The fourth-order valence-corrected chi connectivity index (χ4v) is 3.70. The zero-order valence-electron chi connectivity index (χ0n) is 15.6. The average Bonchev–Trinajstić information content (AvgIpc) is 2.89. The number of aliphatic hydroxyl groups is 1. The van der Waals surface area contributed by atoms with E-state index in [-0.39, 0.29) is 0 Å². The highest BCUT2D eigenvalue weighted by Gasteiger charge is 2.22. The summed E-state index contributed by atoms with van der Waals surface area (Å²) in [7, 11) is 1.67. The molecule has 1 aromatic heterocycles. The number of β-amino-alcohol motifs (C(OH)–C–C–N with tert-alkyl or cyclic N) is 1. The maximum Gasteiger partial charge on any atom is 0.145 e. The van der Waals surface area contributed by atoms with Crippen LogP contribution in [0.15, 0.2) is 60.7 Å². The number of para-hydroxylation sites is 1. The van der Waals surface area contributed by atoms with Gasteiger partial charge in [0.25, 0.3) is 0 Å². The van der Waals surface area contributed by atoms with Gasteiger partial charge in [-0.3, -0.25) is 4.90 Å². The first-order chi connectivity index (χ1) is 13.2. The van der Waals surface area contributed by atoms with E-state index in [9.17, 15) is 5.11 Å². The van der Waals surface area contributed by atoms with Crippen LogP contribution in [0.4, 0.5) is 5.82 Å². The standard InChI is InChI=1S/C22H25N3O2/c1-27-20-9-5-8-18-10-11-21(23-22(18)20)25-13-12-24(15-19(26)16-25)14-17-6-3-2-4-7-17/h2-11,19,26H,12-16H2,1H3. The van der Waals surface area contributed by atoms with E-state index in [1.54, 1.807) is 7.11 Å². The molecular weight excluding hydrogens is 338 g/mol. The molecule has 0 spiro atoms. The molecule has 0 aliphatic carbocycles. The minimum Gasteiger partial charge on any atom is -0.494 e. The molecule has 1 N–H and O–H groups in total. The number of benzene rings is 2. The molecule has 1 aliphatic heterocycles. The quantitative estimate of drug-likeness (QED) is 0.772. The Morgan fingerprint density at radius 1 is 1.00 bits per heavy atom. The van der Waals surface area contributed by atoms with Crippen LogP contribution in [-0.4, -0.2) is 54.4 Å². The number of fused-ring (bicyclic) bond motifs is 1. The van der Waals surface area contributed by atoms with Gasteiger partial charge < -0.3 is 14.7 Å². The average molecular weight is 363 g/mol. The summed E-state index contributed by atoms with van der Waals surface area (Å²) < 4.78 is 5.46. The number of methoxy groups -OCH3 is 1. The Balaban J connectivity index is 1.53. The van der Waals surface area contributed by atoms with Crippen molar-refractivity contribution in [3.8, 4) is 5.75 Å². The molecule has 2 aromatic carbocycles. The number of nitrogens with zero attached hydrogens (tertiary/aromatic N) is 3. The fraction of sp³-hybridized carbons (Fsp3) is 0.318. The summed E-state index contributed by atoms with van der Waals surface area (Å²) in [5, 5.41) is 11.6. The SMILES string of the molecule is COc1cccc2ccc(N3CCN(Cc4ccccc4)CC(O)C3)nc12. The van der Waals surface area contributed by atoms with Gasteiger partial charge in [-0.05, 0) is 23.8 Å². The van der Waals surface area contributed by atoms with E-state index in [4.69, 9.17) is 9.72 Å². The first-order valence-corrected chi connectivity index (χ1v) is 9.36. The van der Waals surface area contributed by atoms with Gasteiger partial charge in [0.05, 0.1) is 13.2 Å². The lowest BCUT2D eigenvalue weighted by Gasteiger charge is -2.23. The van der Waals surface area contributed by atoms with Crippen LogP contribution in [0.2, 0.25) is 0 Å². The molecule has 0 amide bonds. The van der Waals surface area contributed by atoms with E-state index in [2.05, 4.69) is 40.1 Å². The normalized spacial score (nSPS) is 18.4. The number of anilines is 1. The molecule has 1 aliphatic rings. The fourth-order valence-electron chi connectivity index (χ4n) is 3.70. The number of aromatic nitrogens is 1. The molecule has 0 radical (unpaired) electrons. The molecule has 0 bridgehead atoms. The van der Waals surface area contributed by atoms with Gasteiger partial charge in [0.15, 0.2) is 0 Å². The van der Waals surface area contributed by atoms with Crippen LogP contribution in [0.1, 0.15) is 5.56 Å². The number of hydrogen-bond acceptors (Lipinski definition) is 5. The summed E-state index contributed by atoms with van der Waals surface area (Å²) in [4.78, 5) is 9.30. The van der Waals surface area contributed by atoms with Gasteiger partial charge in [-0.2, -0.15) is 0 Å². The van der Waals surface area contributed by atoms with E-state index in [1.807, 2.05) is 30.3 Å². The Morgan fingerprint density at radius 3 is 2.67 bits per heavy atom. The van der Waals surface area contributed by atoms with Gasteiger partial charge in [0.1, 0.15) is 17.1 Å². The highest BCUT2D eigenvalue weighted by molar-refractivity contribution is 5.86. The lowest BCUT2D eigenvalue weighted by Crippen LogP contribution is -2.33. The predicted octanol–water partition coefficient (Wildman–Crippen LogP) is 2.93. The first kappa shape index (κ1) is 17.8. The minimum atomic E-state index is -0.411. The second-order valence-corrected chi connectivity index (χ2v) is 7.02. The Labute approximate surface area is 159 Å². The molecule has 1 unspecified atom stereocenters. The van der Waals surface area contributed by atoms with E-state index in [0.717, 1.165) is 42.1 Å². The van der Waals surface area contributed by atoms with Crippen LogP contribution >= 0.6 is 0 Å². The van der Waals surface area contributed by atoms with Gasteiger partial charge in [-0.1, -0.05) is 42.5 Å². The molecule has 2 heterocycles.